The molecule has 0 N–H and O–H groups in total. The first kappa shape index (κ1) is 21.7. The molecule has 2 heterocycles. The molecule has 2 saturated heterocycles. The van der Waals surface area contributed by atoms with Gasteiger partial charge in [0.1, 0.15) is 0 Å². The van der Waals surface area contributed by atoms with Crippen LogP contribution in [0.5, 0.6) is 0 Å². The number of likely N-dealkylation sites (tertiary alicyclic amines) is 1. The Morgan fingerprint density at radius 1 is 0.935 bits per heavy atom. The molecule has 0 atom stereocenters. The van der Waals surface area contributed by atoms with Gasteiger partial charge < -0.3 is 9.80 Å². The fourth-order valence-corrected chi connectivity index (χ4v) is 5.74. The van der Waals surface area contributed by atoms with Crippen LogP contribution in [0, 0.1) is 6.92 Å². The Hall–Kier alpha value is -2.48. The third-order valence-corrected chi connectivity index (χ3v) is 7.53. The first-order valence-electron chi connectivity index (χ1n) is 10.2. The van der Waals surface area contributed by atoms with Crippen LogP contribution >= 0.6 is 11.8 Å². The van der Waals surface area contributed by atoms with Crippen LogP contribution in [-0.2, 0) is 6.18 Å². The van der Waals surface area contributed by atoms with Crippen LogP contribution < -0.4 is 0 Å². The van der Waals surface area contributed by atoms with Crippen LogP contribution in [0.4, 0.5) is 13.2 Å². The number of benzene rings is 2. The number of aryl methyl sites for hydroxylation is 1. The maximum atomic E-state index is 13.2. The smallest absolute Gasteiger partial charge is 0.338 e. The van der Waals surface area contributed by atoms with E-state index in [1.165, 1.54) is 12.1 Å². The highest BCUT2D eigenvalue weighted by molar-refractivity contribution is 8.00. The van der Waals surface area contributed by atoms with Gasteiger partial charge >= 0.3 is 6.18 Å². The van der Waals surface area contributed by atoms with E-state index < -0.39 is 11.7 Å². The van der Waals surface area contributed by atoms with Gasteiger partial charge in [-0.15, -0.1) is 11.8 Å². The van der Waals surface area contributed by atoms with E-state index in [0.717, 1.165) is 23.4 Å². The Morgan fingerprint density at radius 3 is 2.23 bits per heavy atom. The van der Waals surface area contributed by atoms with E-state index in [-0.39, 0.29) is 22.2 Å². The highest BCUT2D eigenvalue weighted by Gasteiger charge is 2.47. The van der Waals surface area contributed by atoms with Crippen molar-refractivity contribution in [1.29, 1.82) is 0 Å². The SMILES string of the molecule is Cc1cccc(C(=O)N2CCSC23CCN(C(=O)c2ccc(C(F)(F)F)cc2)CC3)c1. The fourth-order valence-electron chi connectivity index (χ4n) is 4.29. The fraction of sp³-hybridized carbons (Fsp3) is 0.391. The first-order chi connectivity index (χ1) is 14.7. The summed E-state index contributed by atoms with van der Waals surface area (Å²) in [5, 5.41) is 0. The van der Waals surface area contributed by atoms with Gasteiger partial charge in [-0.1, -0.05) is 17.7 Å². The lowest BCUT2D eigenvalue weighted by Crippen LogP contribution is -2.53. The molecule has 1 spiro atoms. The molecule has 31 heavy (non-hydrogen) atoms. The van der Waals surface area contributed by atoms with E-state index in [0.29, 0.717) is 38.0 Å². The molecular formula is C23H23F3N2O2S. The van der Waals surface area contributed by atoms with Gasteiger partial charge in [0.05, 0.1) is 10.4 Å². The van der Waals surface area contributed by atoms with E-state index in [1.54, 1.807) is 16.7 Å². The number of hydrogen-bond donors (Lipinski definition) is 0. The molecule has 2 amide bonds. The maximum absolute atomic E-state index is 13.2. The number of halogens is 3. The van der Waals surface area contributed by atoms with Crippen molar-refractivity contribution in [3.05, 3.63) is 70.8 Å². The number of alkyl halides is 3. The third kappa shape index (κ3) is 4.31. The van der Waals surface area contributed by atoms with Crippen molar-refractivity contribution < 1.29 is 22.8 Å². The Labute approximate surface area is 183 Å². The molecule has 8 heteroatoms. The normalized spacial score (nSPS) is 18.5. The Balaban J connectivity index is 1.44. The molecule has 0 aromatic heterocycles. The van der Waals surface area contributed by atoms with E-state index in [9.17, 15) is 22.8 Å². The van der Waals surface area contributed by atoms with Gasteiger partial charge in [-0.25, -0.2) is 0 Å². The summed E-state index contributed by atoms with van der Waals surface area (Å²) in [6, 6.07) is 11.9. The Bertz CT molecular complexity index is 983. The molecule has 4 rings (SSSR count). The average Bonchev–Trinajstić information content (AvgIpc) is 3.15. The van der Waals surface area contributed by atoms with E-state index in [2.05, 4.69) is 0 Å². The van der Waals surface area contributed by atoms with Gasteiger partial charge in [0.15, 0.2) is 0 Å². The predicted molar refractivity (Wildman–Crippen MR) is 114 cm³/mol. The van der Waals surface area contributed by atoms with Gasteiger partial charge in [0, 0.05) is 36.5 Å². The van der Waals surface area contributed by atoms with Crippen LogP contribution in [0.3, 0.4) is 0 Å². The van der Waals surface area contributed by atoms with Crippen molar-refractivity contribution in [2.24, 2.45) is 0 Å². The number of hydrogen-bond acceptors (Lipinski definition) is 3. The number of rotatable bonds is 2. The standard InChI is InChI=1S/C23H23F3N2O2S/c1-16-3-2-4-18(15-16)21(30)28-13-14-31-22(28)9-11-27(12-10-22)20(29)17-5-7-19(8-6-17)23(24,25)26/h2-8,15H,9-14H2,1H3. The molecule has 0 saturated carbocycles. The number of carbonyl (C=O) groups excluding carboxylic acids is 2. The molecule has 2 aliphatic heterocycles. The van der Waals surface area contributed by atoms with Crippen LogP contribution in [0.1, 0.15) is 44.7 Å². The Morgan fingerprint density at radius 2 is 1.61 bits per heavy atom. The molecule has 4 nitrogen and oxygen atoms in total. The molecule has 2 aromatic carbocycles. The number of thioether (sulfide) groups is 1. The number of carbonyl (C=O) groups is 2. The van der Waals surface area contributed by atoms with Crippen molar-refractivity contribution in [1.82, 2.24) is 9.80 Å². The molecule has 0 radical (unpaired) electrons. The van der Waals surface area contributed by atoms with Crippen molar-refractivity contribution in [3.63, 3.8) is 0 Å². The minimum atomic E-state index is -4.42. The zero-order valence-electron chi connectivity index (χ0n) is 17.1. The lowest BCUT2D eigenvalue weighted by Gasteiger charge is -2.44. The number of piperidine rings is 1. The lowest BCUT2D eigenvalue weighted by molar-refractivity contribution is -0.137. The van der Waals surface area contributed by atoms with Gasteiger partial charge in [0.25, 0.3) is 11.8 Å². The summed E-state index contributed by atoms with van der Waals surface area (Å²) in [6.45, 7) is 3.55. The van der Waals surface area contributed by atoms with Crippen LogP contribution in [-0.4, -0.2) is 51.9 Å². The molecule has 0 bridgehead atoms. The van der Waals surface area contributed by atoms with Crippen molar-refractivity contribution in [2.45, 2.75) is 30.8 Å². The zero-order chi connectivity index (χ0) is 22.2. The highest BCUT2D eigenvalue weighted by atomic mass is 32.2. The maximum Gasteiger partial charge on any atom is 0.416 e. The topological polar surface area (TPSA) is 40.6 Å². The summed E-state index contributed by atoms with van der Waals surface area (Å²) in [5.74, 6) is 0.587. The van der Waals surface area contributed by atoms with E-state index >= 15 is 0 Å². The van der Waals surface area contributed by atoms with Gasteiger partial charge in [-0.05, 0) is 56.2 Å². The lowest BCUT2D eigenvalue weighted by atomic mass is 9.99. The van der Waals surface area contributed by atoms with Crippen LogP contribution in [0.25, 0.3) is 0 Å². The molecule has 2 aliphatic rings. The van der Waals surface area contributed by atoms with Gasteiger partial charge in [-0.2, -0.15) is 13.2 Å². The second-order valence-corrected chi connectivity index (χ2v) is 9.45. The molecule has 0 aliphatic carbocycles. The summed E-state index contributed by atoms with van der Waals surface area (Å²) >= 11 is 1.76. The van der Waals surface area contributed by atoms with Gasteiger partial charge in [0.2, 0.25) is 0 Å². The second-order valence-electron chi connectivity index (χ2n) is 7.99. The second kappa shape index (κ2) is 8.22. The quantitative estimate of drug-likeness (QED) is 0.661. The summed E-state index contributed by atoms with van der Waals surface area (Å²) in [5.41, 5.74) is 1.18. The largest absolute Gasteiger partial charge is 0.416 e. The third-order valence-electron chi connectivity index (χ3n) is 5.98. The first-order valence-corrected chi connectivity index (χ1v) is 11.2. The van der Waals surface area contributed by atoms with E-state index in [1.807, 2.05) is 36.1 Å². The Kier molecular flexibility index (Phi) is 5.77. The van der Waals surface area contributed by atoms with Crippen LogP contribution in [0.15, 0.2) is 48.5 Å². The summed E-state index contributed by atoms with van der Waals surface area (Å²) in [7, 11) is 0. The average molecular weight is 449 g/mol. The summed E-state index contributed by atoms with van der Waals surface area (Å²) in [6.07, 6.45) is -3.14. The molecular weight excluding hydrogens is 425 g/mol. The molecule has 2 aromatic rings. The van der Waals surface area contributed by atoms with Gasteiger partial charge in [-0.3, -0.25) is 9.59 Å². The van der Waals surface area contributed by atoms with Crippen molar-refractivity contribution in [2.75, 3.05) is 25.4 Å². The highest BCUT2D eigenvalue weighted by Crippen LogP contribution is 2.44. The van der Waals surface area contributed by atoms with Crippen molar-refractivity contribution >= 4 is 23.6 Å². The molecule has 0 unspecified atom stereocenters. The van der Waals surface area contributed by atoms with E-state index in [4.69, 9.17) is 0 Å². The minimum absolute atomic E-state index is 0.0104. The summed E-state index contributed by atoms with van der Waals surface area (Å²) in [4.78, 5) is 29.2. The predicted octanol–water partition coefficient (Wildman–Crippen LogP) is 4.84. The zero-order valence-corrected chi connectivity index (χ0v) is 17.9. The molecule has 164 valence electrons. The minimum Gasteiger partial charge on any atom is -0.338 e. The monoisotopic (exact) mass is 448 g/mol. The van der Waals surface area contributed by atoms with Crippen LogP contribution in [0.2, 0.25) is 0 Å². The summed E-state index contributed by atoms with van der Waals surface area (Å²) < 4.78 is 38.3. The number of amides is 2. The van der Waals surface area contributed by atoms with Crippen molar-refractivity contribution in [3.8, 4) is 0 Å². The number of nitrogens with zero attached hydrogens (tertiary/aromatic N) is 2. The molecule has 2 fully saturated rings.